The highest BCUT2D eigenvalue weighted by atomic mass is 32.2. The van der Waals surface area contributed by atoms with Gasteiger partial charge in [0.05, 0.1) is 12.2 Å². The molecule has 2 saturated heterocycles. The quantitative estimate of drug-likeness (QED) is 0.599. The van der Waals surface area contributed by atoms with E-state index in [2.05, 4.69) is 0 Å². The van der Waals surface area contributed by atoms with Crippen molar-refractivity contribution in [1.82, 2.24) is 4.90 Å². The molecule has 0 radical (unpaired) electrons. The van der Waals surface area contributed by atoms with Crippen molar-refractivity contribution >= 4 is 29.6 Å². The van der Waals surface area contributed by atoms with E-state index in [4.69, 9.17) is 10.5 Å². The number of likely N-dealkylation sites (tertiary alicyclic amines) is 1. The van der Waals surface area contributed by atoms with E-state index < -0.39 is 5.97 Å². The van der Waals surface area contributed by atoms with E-state index in [9.17, 15) is 19.5 Å². The topological polar surface area (TPSA) is 110 Å². The zero-order valence-electron chi connectivity index (χ0n) is 18.4. The second-order valence-corrected chi connectivity index (χ2v) is 9.71. The zero-order chi connectivity index (χ0) is 23.4. The average Bonchev–Trinajstić information content (AvgIpc) is 3.26. The molecule has 2 aliphatic rings. The highest BCUT2D eigenvalue weighted by Crippen LogP contribution is 2.30. The number of hydrogen-bond donors (Lipinski definition) is 2. The fraction of sp³-hybridized carbons (Fsp3) is 0.400. The first kappa shape index (κ1) is 23.3. The Balaban J connectivity index is 1.41. The molecule has 8 heteroatoms. The second-order valence-electron chi connectivity index (χ2n) is 8.48. The molecule has 1 unspecified atom stereocenters. The van der Waals surface area contributed by atoms with Crippen molar-refractivity contribution in [3.05, 3.63) is 59.2 Å². The van der Waals surface area contributed by atoms with E-state index in [1.54, 1.807) is 36.0 Å². The highest BCUT2D eigenvalue weighted by molar-refractivity contribution is 8.00. The predicted octanol–water partition coefficient (Wildman–Crippen LogP) is 3.41. The molecule has 33 heavy (non-hydrogen) atoms. The summed E-state index contributed by atoms with van der Waals surface area (Å²) in [5, 5.41) is 9.31. The summed E-state index contributed by atoms with van der Waals surface area (Å²) in [5.74, 6) is 0.284. The molecular formula is C25H28N2O5S. The monoisotopic (exact) mass is 468 g/mol. The van der Waals surface area contributed by atoms with Gasteiger partial charge >= 0.3 is 11.9 Å². The molecule has 174 valence electrons. The summed E-state index contributed by atoms with van der Waals surface area (Å²) in [6.07, 6.45) is 2.62. The minimum Gasteiger partial charge on any atom is -0.478 e. The lowest BCUT2D eigenvalue weighted by molar-refractivity contribution is -0.137. The smallest absolute Gasteiger partial charge is 0.335 e. The number of benzene rings is 2. The molecule has 7 nitrogen and oxygen atoms in total. The molecule has 2 aromatic rings. The number of aromatic carboxylic acids is 1. The average molecular weight is 469 g/mol. The number of ether oxygens (including phenoxy) is 1. The number of cyclic esters (lactones) is 1. The van der Waals surface area contributed by atoms with E-state index in [0.29, 0.717) is 31.2 Å². The van der Waals surface area contributed by atoms with Crippen molar-refractivity contribution in [2.45, 2.75) is 31.1 Å². The fourth-order valence-electron chi connectivity index (χ4n) is 4.34. The maximum Gasteiger partial charge on any atom is 0.335 e. The third kappa shape index (κ3) is 5.39. The van der Waals surface area contributed by atoms with Crippen molar-refractivity contribution < 1.29 is 24.2 Å². The van der Waals surface area contributed by atoms with Gasteiger partial charge in [0.2, 0.25) is 0 Å². The summed E-state index contributed by atoms with van der Waals surface area (Å²) >= 11 is 1.68. The lowest BCUT2D eigenvalue weighted by Gasteiger charge is -2.32. The van der Waals surface area contributed by atoms with Crippen LogP contribution in [0.25, 0.3) is 11.1 Å². The van der Waals surface area contributed by atoms with E-state index in [0.717, 1.165) is 41.7 Å². The van der Waals surface area contributed by atoms with Crippen LogP contribution in [0.3, 0.4) is 0 Å². The number of carboxylic acids is 1. The number of nitrogens with zero attached hydrogens (tertiary/aromatic N) is 1. The Hall–Kier alpha value is -2.84. The predicted molar refractivity (Wildman–Crippen MR) is 127 cm³/mol. The number of thioether (sulfide) groups is 1. The van der Waals surface area contributed by atoms with Gasteiger partial charge in [-0.25, -0.2) is 4.79 Å². The summed E-state index contributed by atoms with van der Waals surface area (Å²) in [6, 6.07) is 12.2. The molecule has 0 saturated carbocycles. The molecule has 2 heterocycles. The van der Waals surface area contributed by atoms with Gasteiger partial charge < -0.3 is 20.5 Å². The van der Waals surface area contributed by atoms with Gasteiger partial charge in [-0.3, -0.25) is 9.59 Å². The summed E-state index contributed by atoms with van der Waals surface area (Å²) in [7, 11) is 0. The van der Waals surface area contributed by atoms with Crippen LogP contribution in [-0.2, 0) is 16.1 Å². The lowest BCUT2D eigenvalue weighted by Crippen LogP contribution is -2.39. The van der Waals surface area contributed by atoms with Crippen LogP contribution in [0.1, 0.15) is 45.5 Å². The van der Waals surface area contributed by atoms with Crippen LogP contribution < -0.4 is 5.73 Å². The van der Waals surface area contributed by atoms with Gasteiger partial charge in [-0.05, 0) is 65.5 Å². The molecule has 1 amide bonds. The maximum atomic E-state index is 13.2. The number of hydrogen-bond acceptors (Lipinski definition) is 6. The van der Waals surface area contributed by atoms with E-state index >= 15 is 0 Å². The maximum absolute atomic E-state index is 13.2. The standard InChI is InChI=1S/C25H28N2O5S/c26-14-20-5-4-19(24(29)30)13-21(20)17-2-1-3-18(12-17)23(28)27-9-6-16(7-10-27)15-33-22-8-11-32-25(22)31/h1-5,12-13,16,22H,6-11,14-15,26H2,(H,29,30). The minimum absolute atomic E-state index is 0.0222. The SMILES string of the molecule is NCc1ccc(C(=O)O)cc1-c1cccc(C(=O)N2CCC(CSC3CCOC3=O)CC2)c1. The molecule has 2 fully saturated rings. The fourth-order valence-corrected chi connectivity index (χ4v) is 5.65. The van der Waals surface area contributed by atoms with Crippen LogP contribution in [-0.4, -0.2) is 58.6 Å². The van der Waals surface area contributed by atoms with Crippen LogP contribution in [0, 0.1) is 5.92 Å². The molecule has 0 bridgehead atoms. The molecule has 0 aromatic heterocycles. The molecule has 3 N–H and O–H groups in total. The Morgan fingerprint density at radius 2 is 1.88 bits per heavy atom. The first-order valence-corrected chi connectivity index (χ1v) is 12.3. The first-order valence-electron chi connectivity index (χ1n) is 11.2. The van der Waals surface area contributed by atoms with Crippen molar-refractivity contribution in [1.29, 1.82) is 0 Å². The van der Waals surface area contributed by atoms with Gasteiger partial charge in [-0.15, -0.1) is 11.8 Å². The minimum atomic E-state index is -1.00. The van der Waals surface area contributed by atoms with Crippen LogP contribution in [0.15, 0.2) is 42.5 Å². The molecule has 2 aromatic carbocycles. The number of esters is 1. The summed E-state index contributed by atoms with van der Waals surface area (Å²) in [4.78, 5) is 38.1. The normalized spacial score (nSPS) is 18.9. The van der Waals surface area contributed by atoms with Crippen molar-refractivity contribution in [3.63, 3.8) is 0 Å². The second kappa shape index (κ2) is 10.4. The number of carbonyl (C=O) groups is 3. The summed E-state index contributed by atoms with van der Waals surface area (Å²) in [6.45, 7) is 2.17. The number of carbonyl (C=O) groups excluding carboxylic acids is 2. The molecule has 0 spiro atoms. The van der Waals surface area contributed by atoms with E-state index in [1.807, 2.05) is 23.1 Å². The van der Waals surface area contributed by atoms with Crippen molar-refractivity contribution in [3.8, 4) is 11.1 Å². The van der Waals surface area contributed by atoms with Crippen LogP contribution in [0.5, 0.6) is 0 Å². The number of piperidine rings is 1. The van der Waals surface area contributed by atoms with E-state index in [-0.39, 0.29) is 29.2 Å². The number of nitrogens with two attached hydrogens (primary N) is 1. The molecule has 0 aliphatic carbocycles. The Morgan fingerprint density at radius 1 is 1.09 bits per heavy atom. The van der Waals surface area contributed by atoms with Crippen LogP contribution >= 0.6 is 11.8 Å². The van der Waals surface area contributed by atoms with Gasteiger partial charge in [-0.1, -0.05) is 18.2 Å². The van der Waals surface area contributed by atoms with Gasteiger partial charge in [-0.2, -0.15) is 0 Å². The van der Waals surface area contributed by atoms with Gasteiger partial charge in [0, 0.05) is 31.6 Å². The van der Waals surface area contributed by atoms with Crippen LogP contribution in [0.4, 0.5) is 0 Å². The first-order chi connectivity index (χ1) is 16.0. The molecule has 4 rings (SSSR count). The molecular weight excluding hydrogens is 440 g/mol. The Bertz CT molecular complexity index is 1050. The van der Waals surface area contributed by atoms with Crippen LogP contribution in [0.2, 0.25) is 0 Å². The van der Waals surface area contributed by atoms with Crippen molar-refractivity contribution in [2.75, 3.05) is 25.4 Å². The Labute approximate surface area is 197 Å². The summed E-state index contributed by atoms with van der Waals surface area (Å²) < 4.78 is 5.03. The lowest BCUT2D eigenvalue weighted by atomic mass is 9.95. The molecule has 2 aliphatic heterocycles. The number of amides is 1. The molecule has 1 atom stereocenters. The Morgan fingerprint density at radius 3 is 2.55 bits per heavy atom. The Kier molecular flexibility index (Phi) is 7.35. The third-order valence-corrected chi connectivity index (χ3v) is 7.81. The number of rotatable bonds is 7. The largest absolute Gasteiger partial charge is 0.478 e. The van der Waals surface area contributed by atoms with Gasteiger partial charge in [0.15, 0.2) is 0 Å². The third-order valence-electron chi connectivity index (χ3n) is 6.32. The van der Waals surface area contributed by atoms with Gasteiger partial charge in [0.25, 0.3) is 5.91 Å². The van der Waals surface area contributed by atoms with Gasteiger partial charge in [0.1, 0.15) is 5.25 Å². The van der Waals surface area contributed by atoms with Crippen molar-refractivity contribution in [2.24, 2.45) is 11.7 Å². The summed E-state index contributed by atoms with van der Waals surface area (Å²) in [5.41, 5.74) is 8.96. The zero-order valence-corrected chi connectivity index (χ0v) is 19.2. The van der Waals surface area contributed by atoms with E-state index in [1.165, 1.54) is 0 Å². The highest BCUT2D eigenvalue weighted by Gasteiger charge is 2.29. The number of carboxylic acid groups (broad SMARTS) is 1.